The van der Waals surface area contributed by atoms with E-state index < -0.39 is 0 Å². The van der Waals surface area contributed by atoms with E-state index in [0.717, 1.165) is 11.8 Å². The van der Waals surface area contributed by atoms with Gasteiger partial charge in [-0.3, -0.25) is 0 Å². The van der Waals surface area contributed by atoms with E-state index in [-0.39, 0.29) is 0 Å². The van der Waals surface area contributed by atoms with Gasteiger partial charge in [-0.15, -0.1) is 0 Å². The SMILES string of the molecule is C1C2OC3C1OC1C2CCC31. The third-order valence-electron chi connectivity index (χ3n) is 4.07. The topological polar surface area (TPSA) is 18.5 Å². The molecule has 4 saturated heterocycles. The van der Waals surface area contributed by atoms with Crippen molar-refractivity contribution in [2.45, 2.75) is 43.7 Å². The van der Waals surface area contributed by atoms with Gasteiger partial charge in [0.1, 0.15) is 0 Å². The van der Waals surface area contributed by atoms with Crippen LogP contribution in [0.3, 0.4) is 0 Å². The van der Waals surface area contributed by atoms with Crippen molar-refractivity contribution in [3.8, 4) is 0 Å². The quantitative estimate of drug-likeness (QED) is 0.514. The maximum absolute atomic E-state index is 5.91. The van der Waals surface area contributed by atoms with Crippen LogP contribution in [0.5, 0.6) is 0 Å². The minimum Gasteiger partial charge on any atom is -0.371 e. The fraction of sp³-hybridized carbons (Fsp3) is 1.00. The van der Waals surface area contributed by atoms with E-state index in [2.05, 4.69) is 0 Å². The van der Waals surface area contributed by atoms with Gasteiger partial charge in [0.25, 0.3) is 0 Å². The Hall–Kier alpha value is -0.0800. The number of rotatable bonds is 0. The van der Waals surface area contributed by atoms with Crippen LogP contribution < -0.4 is 0 Å². The van der Waals surface area contributed by atoms with Crippen LogP contribution in [0.4, 0.5) is 0 Å². The Labute approximate surface area is 65.9 Å². The van der Waals surface area contributed by atoms with Crippen molar-refractivity contribution in [1.82, 2.24) is 0 Å². The normalized spacial score (nSPS) is 69.8. The number of hydrogen-bond acceptors (Lipinski definition) is 2. The monoisotopic (exact) mass is 152 g/mol. The highest BCUT2D eigenvalue weighted by molar-refractivity contribution is 5.11. The molecule has 0 N–H and O–H groups in total. The molecule has 6 atom stereocenters. The molecule has 2 heteroatoms. The van der Waals surface area contributed by atoms with Gasteiger partial charge in [-0.1, -0.05) is 0 Å². The van der Waals surface area contributed by atoms with Gasteiger partial charge in [-0.2, -0.15) is 0 Å². The van der Waals surface area contributed by atoms with Gasteiger partial charge >= 0.3 is 0 Å². The zero-order valence-electron chi connectivity index (χ0n) is 6.40. The fourth-order valence-corrected chi connectivity index (χ4v) is 3.68. The van der Waals surface area contributed by atoms with Crippen molar-refractivity contribution in [1.29, 1.82) is 0 Å². The Morgan fingerprint density at radius 3 is 2.64 bits per heavy atom. The standard InChI is InChI=1S/C9H12O2/c1-2-5-8-4(1)6-3-7(11-8)9(5)10-6/h4-9H,1-3H2. The van der Waals surface area contributed by atoms with Crippen molar-refractivity contribution < 1.29 is 9.47 Å². The lowest BCUT2D eigenvalue weighted by Crippen LogP contribution is -2.38. The van der Waals surface area contributed by atoms with Crippen molar-refractivity contribution in [3.63, 3.8) is 0 Å². The average molecular weight is 152 g/mol. The van der Waals surface area contributed by atoms with Crippen LogP contribution >= 0.6 is 0 Å². The molecule has 2 nitrogen and oxygen atoms in total. The van der Waals surface area contributed by atoms with Gasteiger partial charge in [0.15, 0.2) is 0 Å². The molecule has 11 heavy (non-hydrogen) atoms. The molecule has 5 rings (SSSR count). The van der Waals surface area contributed by atoms with Gasteiger partial charge in [-0.25, -0.2) is 0 Å². The third-order valence-corrected chi connectivity index (χ3v) is 4.07. The zero-order chi connectivity index (χ0) is 7.00. The van der Waals surface area contributed by atoms with Crippen LogP contribution in [-0.4, -0.2) is 24.4 Å². The van der Waals surface area contributed by atoms with E-state index in [1.54, 1.807) is 0 Å². The molecule has 5 fully saturated rings. The average Bonchev–Trinajstić information content (AvgIpc) is 2.50. The molecular formula is C9H12O2. The van der Waals surface area contributed by atoms with Crippen LogP contribution in [0.25, 0.3) is 0 Å². The Morgan fingerprint density at radius 1 is 0.818 bits per heavy atom. The molecule has 4 aliphatic heterocycles. The van der Waals surface area contributed by atoms with Crippen molar-refractivity contribution in [2.24, 2.45) is 11.8 Å². The molecule has 0 aromatic carbocycles. The number of ether oxygens (including phenoxy) is 2. The Morgan fingerprint density at radius 2 is 1.64 bits per heavy atom. The Balaban J connectivity index is 1.90. The highest BCUT2D eigenvalue weighted by Crippen LogP contribution is 2.57. The lowest BCUT2D eigenvalue weighted by atomic mass is 9.94. The molecule has 0 aromatic heterocycles. The summed E-state index contributed by atoms with van der Waals surface area (Å²) in [6, 6.07) is 0. The van der Waals surface area contributed by atoms with Gasteiger partial charge in [0.05, 0.1) is 24.4 Å². The number of hydrogen-bond donors (Lipinski definition) is 0. The summed E-state index contributed by atoms with van der Waals surface area (Å²) in [5.41, 5.74) is 0. The van der Waals surface area contributed by atoms with E-state index in [4.69, 9.17) is 9.47 Å². The molecule has 6 unspecified atom stereocenters. The first-order valence-corrected chi connectivity index (χ1v) is 4.74. The van der Waals surface area contributed by atoms with Crippen LogP contribution in [0.2, 0.25) is 0 Å². The van der Waals surface area contributed by atoms with E-state index in [1.165, 1.54) is 19.3 Å². The summed E-state index contributed by atoms with van der Waals surface area (Å²) >= 11 is 0. The van der Waals surface area contributed by atoms with Gasteiger partial charge in [0, 0.05) is 18.3 Å². The first kappa shape index (κ1) is 5.55. The van der Waals surface area contributed by atoms with E-state index >= 15 is 0 Å². The third kappa shape index (κ3) is 0.456. The summed E-state index contributed by atoms with van der Waals surface area (Å²) in [5.74, 6) is 1.55. The second-order valence-corrected chi connectivity index (χ2v) is 4.42. The first-order valence-electron chi connectivity index (χ1n) is 4.74. The van der Waals surface area contributed by atoms with Crippen molar-refractivity contribution in [3.05, 3.63) is 0 Å². The predicted octanol–water partition coefficient (Wildman–Crippen LogP) is 0.951. The molecule has 0 aromatic rings. The highest BCUT2D eigenvalue weighted by Gasteiger charge is 2.63. The van der Waals surface area contributed by atoms with Gasteiger partial charge < -0.3 is 9.47 Å². The van der Waals surface area contributed by atoms with Crippen LogP contribution in [0.1, 0.15) is 19.3 Å². The summed E-state index contributed by atoms with van der Waals surface area (Å²) in [7, 11) is 0. The summed E-state index contributed by atoms with van der Waals surface area (Å²) in [6.07, 6.45) is 6.12. The summed E-state index contributed by atoms with van der Waals surface area (Å²) in [5, 5.41) is 0. The Bertz CT molecular complexity index is 202. The van der Waals surface area contributed by atoms with E-state index in [0.29, 0.717) is 24.4 Å². The van der Waals surface area contributed by atoms with E-state index in [9.17, 15) is 0 Å². The molecule has 1 saturated carbocycles. The molecule has 4 heterocycles. The highest BCUT2D eigenvalue weighted by atomic mass is 16.6. The van der Waals surface area contributed by atoms with Crippen LogP contribution in [-0.2, 0) is 9.47 Å². The molecule has 0 spiro atoms. The summed E-state index contributed by atoms with van der Waals surface area (Å²) in [6.45, 7) is 0. The Kier molecular flexibility index (Phi) is 0.758. The lowest BCUT2D eigenvalue weighted by Gasteiger charge is -2.31. The maximum Gasteiger partial charge on any atom is 0.0894 e. The van der Waals surface area contributed by atoms with Gasteiger partial charge in [-0.05, 0) is 12.8 Å². The second-order valence-electron chi connectivity index (χ2n) is 4.42. The maximum atomic E-state index is 5.91. The van der Waals surface area contributed by atoms with Crippen LogP contribution in [0.15, 0.2) is 0 Å². The molecular weight excluding hydrogens is 140 g/mol. The molecule has 5 aliphatic rings. The molecule has 0 amide bonds. The summed E-state index contributed by atoms with van der Waals surface area (Å²) in [4.78, 5) is 0. The smallest absolute Gasteiger partial charge is 0.0894 e. The largest absolute Gasteiger partial charge is 0.371 e. The molecule has 6 bridgehead atoms. The fourth-order valence-electron chi connectivity index (χ4n) is 3.68. The van der Waals surface area contributed by atoms with Gasteiger partial charge in [0.2, 0.25) is 0 Å². The molecule has 60 valence electrons. The molecule has 0 radical (unpaired) electrons. The lowest BCUT2D eigenvalue weighted by molar-refractivity contribution is -0.0813. The minimum absolute atomic E-state index is 0.492. The zero-order valence-corrected chi connectivity index (χ0v) is 6.40. The molecule has 1 aliphatic carbocycles. The second kappa shape index (κ2) is 1.50. The first-order chi connectivity index (χ1) is 5.43. The van der Waals surface area contributed by atoms with Crippen molar-refractivity contribution in [2.75, 3.05) is 0 Å². The van der Waals surface area contributed by atoms with E-state index in [1.807, 2.05) is 0 Å². The van der Waals surface area contributed by atoms with Crippen LogP contribution in [0, 0.1) is 11.8 Å². The minimum atomic E-state index is 0.492. The summed E-state index contributed by atoms with van der Waals surface area (Å²) < 4.78 is 11.8. The predicted molar refractivity (Wildman–Crippen MR) is 38.2 cm³/mol. The van der Waals surface area contributed by atoms with Crippen molar-refractivity contribution >= 4 is 0 Å².